The molecule has 8 nitrogen and oxygen atoms in total. The van der Waals surface area contributed by atoms with E-state index in [0.29, 0.717) is 5.00 Å². The Kier molecular flexibility index (Phi) is 5.03. The predicted octanol–water partition coefficient (Wildman–Crippen LogP) is 2.23. The lowest BCUT2D eigenvalue weighted by atomic mass is 10.1. The van der Waals surface area contributed by atoms with Crippen LogP contribution < -0.4 is 5.32 Å². The smallest absolute Gasteiger partial charge is 0.354 e. The zero-order valence-corrected chi connectivity index (χ0v) is 14.5. The Labute approximate surface area is 142 Å². The monoisotopic (exact) mass is 351 g/mol. The van der Waals surface area contributed by atoms with Crippen LogP contribution in [-0.4, -0.2) is 39.3 Å². The Hall–Kier alpha value is -2.68. The maximum Gasteiger partial charge on any atom is 0.354 e. The van der Waals surface area contributed by atoms with Crippen LogP contribution in [-0.2, 0) is 11.8 Å². The molecule has 0 unspecified atom stereocenters. The molecule has 2 aromatic heterocycles. The highest BCUT2D eigenvalue weighted by atomic mass is 32.1. The summed E-state index contributed by atoms with van der Waals surface area (Å²) in [6, 6.07) is 0. The third kappa shape index (κ3) is 3.16. The number of esters is 1. The second kappa shape index (κ2) is 6.83. The van der Waals surface area contributed by atoms with Gasteiger partial charge in [-0.1, -0.05) is 0 Å². The minimum absolute atomic E-state index is 0.0801. The van der Waals surface area contributed by atoms with Crippen molar-refractivity contribution in [2.45, 2.75) is 20.8 Å². The van der Waals surface area contributed by atoms with Gasteiger partial charge in [-0.3, -0.25) is 9.48 Å². The van der Waals surface area contributed by atoms with Crippen LogP contribution in [0.4, 0.5) is 5.00 Å². The van der Waals surface area contributed by atoms with Gasteiger partial charge < -0.3 is 15.2 Å². The largest absolute Gasteiger partial charge is 0.477 e. The van der Waals surface area contributed by atoms with E-state index in [0.717, 1.165) is 15.1 Å². The molecule has 0 fully saturated rings. The summed E-state index contributed by atoms with van der Waals surface area (Å²) in [4.78, 5) is 36.7. The van der Waals surface area contributed by atoms with Crippen molar-refractivity contribution >= 4 is 34.2 Å². The Morgan fingerprint density at radius 1 is 1.38 bits per heavy atom. The van der Waals surface area contributed by atoms with Crippen molar-refractivity contribution in [2.75, 3.05) is 11.9 Å². The molecule has 2 rings (SSSR count). The molecular weight excluding hydrogens is 334 g/mol. The molecule has 2 N–H and O–H groups in total. The second-order valence-corrected chi connectivity index (χ2v) is 6.22. The molecule has 0 spiro atoms. The van der Waals surface area contributed by atoms with Crippen LogP contribution in [0.2, 0.25) is 0 Å². The number of nitrogens with one attached hydrogen (secondary N) is 1. The highest BCUT2D eigenvalue weighted by Gasteiger charge is 2.26. The van der Waals surface area contributed by atoms with E-state index in [1.54, 1.807) is 13.8 Å². The fourth-order valence-electron chi connectivity index (χ4n) is 2.19. The summed E-state index contributed by atoms with van der Waals surface area (Å²) in [5, 5.41) is 15.9. The first kappa shape index (κ1) is 17.7. The Morgan fingerprint density at radius 2 is 2.04 bits per heavy atom. The van der Waals surface area contributed by atoms with E-state index < -0.39 is 17.8 Å². The summed E-state index contributed by atoms with van der Waals surface area (Å²) >= 11 is 1.23. The van der Waals surface area contributed by atoms with E-state index >= 15 is 0 Å². The average Bonchev–Trinajstić information content (AvgIpc) is 3.00. The van der Waals surface area contributed by atoms with Gasteiger partial charge >= 0.3 is 11.9 Å². The molecule has 2 aromatic rings. The molecule has 24 heavy (non-hydrogen) atoms. The number of aryl methyl sites for hydroxylation is 2. The number of rotatable bonds is 5. The second-order valence-electron chi connectivity index (χ2n) is 5.00. The van der Waals surface area contributed by atoms with Gasteiger partial charge in [0.25, 0.3) is 5.91 Å². The minimum atomic E-state index is -1.26. The maximum absolute atomic E-state index is 12.4. The molecule has 1 amide bonds. The number of carboxylic acids is 1. The van der Waals surface area contributed by atoms with Gasteiger partial charge in [-0.05, 0) is 26.3 Å². The van der Waals surface area contributed by atoms with Gasteiger partial charge in [-0.25, -0.2) is 9.59 Å². The molecule has 128 valence electrons. The fraction of sp³-hybridized carbons (Fsp3) is 0.333. The Morgan fingerprint density at radius 3 is 2.62 bits per heavy atom. The Bertz CT molecular complexity index is 821. The minimum Gasteiger partial charge on any atom is -0.477 e. The summed E-state index contributed by atoms with van der Waals surface area (Å²) in [6.45, 7) is 5.50. The van der Waals surface area contributed by atoms with Crippen LogP contribution in [0.3, 0.4) is 0 Å². The van der Waals surface area contributed by atoms with Crippen molar-refractivity contribution in [3.05, 3.63) is 33.5 Å². The number of ether oxygens (including phenoxy) is 1. The zero-order valence-electron chi connectivity index (χ0n) is 13.7. The molecule has 0 aliphatic carbocycles. The highest BCUT2D eigenvalue weighted by molar-refractivity contribution is 7.16. The summed E-state index contributed by atoms with van der Waals surface area (Å²) in [6.07, 6.45) is 1.18. The SMILES string of the molecule is CCOC(=O)c1c(NC(=O)c2cnn(C)c2C(=O)O)sc(C)c1C. The topological polar surface area (TPSA) is 111 Å². The predicted molar refractivity (Wildman–Crippen MR) is 87.9 cm³/mol. The van der Waals surface area contributed by atoms with Crippen LogP contribution in [0.15, 0.2) is 6.20 Å². The summed E-state index contributed by atoms with van der Waals surface area (Å²) in [5.74, 6) is -2.43. The quantitative estimate of drug-likeness (QED) is 0.799. The lowest BCUT2D eigenvalue weighted by molar-refractivity contribution is 0.0526. The number of hydrogen-bond acceptors (Lipinski definition) is 6. The van der Waals surface area contributed by atoms with Crippen molar-refractivity contribution in [2.24, 2.45) is 7.05 Å². The normalized spacial score (nSPS) is 10.5. The van der Waals surface area contributed by atoms with Gasteiger partial charge in [0, 0.05) is 11.9 Å². The first-order valence-electron chi connectivity index (χ1n) is 7.11. The van der Waals surface area contributed by atoms with E-state index in [1.807, 2.05) is 6.92 Å². The van der Waals surface area contributed by atoms with Gasteiger partial charge in [0.15, 0.2) is 5.69 Å². The van der Waals surface area contributed by atoms with Gasteiger partial charge in [0.2, 0.25) is 0 Å². The van der Waals surface area contributed by atoms with Crippen LogP contribution in [0.1, 0.15) is 48.6 Å². The number of carbonyl (C=O) groups is 3. The van der Waals surface area contributed by atoms with Crippen molar-refractivity contribution in [3.8, 4) is 0 Å². The molecule has 0 atom stereocenters. The molecule has 0 saturated heterocycles. The van der Waals surface area contributed by atoms with Gasteiger partial charge in [0.1, 0.15) is 5.00 Å². The number of hydrogen-bond donors (Lipinski definition) is 2. The van der Waals surface area contributed by atoms with Crippen LogP contribution in [0.25, 0.3) is 0 Å². The first-order chi connectivity index (χ1) is 11.3. The molecule has 0 aliphatic heterocycles. The summed E-state index contributed by atoms with van der Waals surface area (Å²) < 4.78 is 6.13. The molecular formula is C15H17N3O5S. The number of nitrogens with zero attached hydrogens (tertiary/aromatic N) is 2. The van der Waals surface area contributed by atoms with Gasteiger partial charge in [0.05, 0.1) is 23.9 Å². The van der Waals surface area contributed by atoms with Gasteiger partial charge in [-0.2, -0.15) is 5.10 Å². The van der Waals surface area contributed by atoms with E-state index in [4.69, 9.17) is 4.74 Å². The fourth-order valence-corrected chi connectivity index (χ4v) is 3.24. The zero-order chi connectivity index (χ0) is 18.0. The van der Waals surface area contributed by atoms with E-state index in [-0.39, 0.29) is 23.4 Å². The molecule has 2 heterocycles. The molecule has 0 saturated carbocycles. The van der Waals surface area contributed by atoms with E-state index in [9.17, 15) is 19.5 Å². The van der Waals surface area contributed by atoms with Crippen LogP contribution in [0, 0.1) is 13.8 Å². The lowest BCUT2D eigenvalue weighted by Crippen LogP contribution is -2.18. The third-order valence-corrected chi connectivity index (χ3v) is 4.60. The van der Waals surface area contributed by atoms with Gasteiger partial charge in [-0.15, -0.1) is 11.3 Å². The van der Waals surface area contributed by atoms with Crippen molar-refractivity contribution < 1.29 is 24.2 Å². The standard InChI is InChI=1S/C15H17N3O5S/c1-5-23-15(22)10-7(2)8(3)24-13(10)17-12(19)9-6-16-18(4)11(9)14(20)21/h6H,5H2,1-4H3,(H,17,19)(H,20,21). The van der Waals surface area contributed by atoms with E-state index in [1.165, 1.54) is 24.6 Å². The van der Waals surface area contributed by atoms with Crippen LogP contribution >= 0.6 is 11.3 Å². The molecule has 0 aliphatic rings. The first-order valence-corrected chi connectivity index (χ1v) is 7.93. The van der Waals surface area contributed by atoms with Crippen molar-refractivity contribution in [1.82, 2.24) is 9.78 Å². The highest BCUT2D eigenvalue weighted by Crippen LogP contribution is 2.33. The number of anilines is 1. The molecule has 0 aromatic carbocycles. The lowest BCUT2D eigenvalue weighted by Gasteiger charge is -2.07. The number of carboxylic acid groups (broad SMARTS) is 1. The summed E-state index contributed by atoms with van der Waals surface area (Å²) in [7, 11) is 1.43. The average molecular weight is 351 g/mol. The van der Waals surface area contributed by atoms with Crippen LogP contribution in [0.5, 0.6) is 0 Å². The van der Waals surface area contributed by atoms with Crippen molar-refractivity contribution in [1.29, 1.82) is 0 Å². The number of amides is 1. The number of aromatic carboxylic acids is 1. The number of carbonyl (C=O) groups excluding carboxylic acids is 2. The number of aromatic nitrogens is 2. The molecule has 0 radical (unpaired) electrons. The maximum atomic E-state index is 12.4. The van der Waals surface area contributed by atoms with Crippen molar-refractivity contribution in [3.63, 3.8) is 0 Å². The number of thiophene rings is 1. The van der Waals surface area contributed by atoms with E-state index in [2.05, 4.69) is 10.4 Å². The Balaban J connectivity index is 2.39. The molecule has 9 heteroatoms. The third-order valence-electron chi connectivity index (χ3n) is 3.48. The summed E-state index contributed by atoms with van der Waals surface area (Å²) in [5.41, 5.74) is 0.700. The molecule has 0 bridgehead atoms.